The average molecular weight is 255 g/mol. The summed E-state index contributed by atoms with van der Waals surface area (Å²) in [6, 6.07) is 19.1. The summed E-state index contributed by atoms with van der Waals surface area (Å²) in [5.41, 5.74) is 2.05. The van der Waals surface area contributed by atoms with Crippen molar-refractivity contribution < 1.29 is 4.79 Å². The van der Waals surface area contributed by atoms with Gasteiger partial charge in [0, 0.05) is 6.54 Å². The van der Waals surface area contributed by atoms with Crippen LogP contribution in [-0.2, 0) is 13.1 Å². The molecule has 2 aromatic rings. The molecular formula is C15H17N3O. The van der Waals surface area contributed by atoms with E-state index in [0.717, 1.165) is 11.1 Å². The van der Waals surface area contributed by atoms with Crippen molar-refractivity contribution in [3.63, 3.8) is 0 Å². The average Bonchev–Trinajstić information content (AvgIpc) is 2.47. The molecule has 0 fully saturated rings. The third kappa shape index (κ3) is 4.12. The Bertz CT molecular complexity index is 513. The number of hydrogen-bond donors (Lipinski definition) is 2. The second-order valence-corrected chi connectivity index (χ2v) is 4.26. The summed E-state index contributed by atoms with van der Waals surface area (Å²) < 4.78 is 0. The fourth-order valence-electron chi connectivity index (χ4n) is 1.73. The Kier molecular flexibility index (Phi) is 4.53. The van der Waals surface area contributed by atoms with Crippen LogP contribution in [0.3, 0.4) is 0 Å². The van der Waals surface area contributed by atoms with E-state index in [0.29, 0.717) is 13.1 Å². The van der Waals surface area contributed by atoms with Crippen LogP contribution in [-0.4, -0.2) is 11.0 Å². The van der Waals surface area contributed by atoms with Gasteiger partial charge in [0.05, 0.1) is 6.54 Å². The molecule has 4 heteroatoms. The molecule has 0 unspecified atom stereocenters. The van der Waals surface area contributed by atoms with Crippen molar-refractivity contribution in [2.24, 2.45) is 5.84 Å². The number of benzene rings is 2. The Balaban J connectivity index is 1.83. The van der Waals surface area contributed by atoms with Gasteiger partial charge in [0.15, 0.2) is 0 Å². The molecule has 2 aromatic carbocycles. The molecule has 2 rings (SSSR count). The zero-order chi connectivity index (χ0) is 13.5. The van der Waals surface area contributed by atoms with Crippen LogP contribution < -0.4 is 11.2 Å². The van der Waals surface area contributed by atoms with Crippen LogP contribution in [0.5, 0.6) is 0 Å². The number of hydrogen-bond acceptors (Lipinski definition) is 2. The standard InChI is InChI=1S/C15H17N3O/c16-18(12-14-9-5-2-6-10-14)15(19)17-11-13-7-3-1-4-8-13/h1-10H,11-12,16H2,(H,17,19). The summed E-state index contributed by atoms with van der Waals surface area (Å²) in [5.74, 6) is 5.73. The Labute approximate surface area is 112 Å². The maximum Gasteiger partial charge on any atom is 0.332 e. The smallest absolute Gasteiger partial charge is 0.332 e. The highest BCUT2D eigenvalue weighted by Gasteiger charge is 2.08. The van der Waals surface area contributed by atoms with Crippen LogP contribution in [0.4, 0.5) is 4.79 Å². The molecule has 0 spiro atoms. The molecule has 0 saturated heterocycles. The van der Waals surface area contributed by atoms with Gasteiger partial charge in [-0.05, 0) is 11.1 Å². The number of nitrogens with zero attached hydrogens (tertiary/aromatic N) is 1. The van der Waals surface area contributed by atoms with Gasteiger partial charge in [-0.25, -0.2) is 10.6 Å². The second-order valence-electron chi connectivity index (χ2n) is 4.26. The molecule has 0 aliphatic rings. The van der Waals surface area contributed by atoms with E-state index >= 15 is 0 Å². The molecular weight excluding hydrogens is 238 g/mol. The van der Waals surface area contributed by atoms with Gasteiger partial charge in [0.25, 0.3) is 0 Å². The van der Waals surface area contributed by atoms with E-state index in [4.69, 9.17) is 5.84 Å². The van der Waals surface area contributed by atoms with E-state index in [9.17, 15) is 4.79 Å². The molecule has 0 aromatic heterocycles. The molecule has 0 bridgehead atoms. The minimum Gasteiger partial charge on any atom is -0.333 e. The van der Waals surface area contributed by atoms with Crippen LogP contribution in [0.25, 0.3) is 0 Å². The van der Waals surface area contributed by atoms with Crippen LogP contribution in [0, 0.1) is 0 Å². The molecule has 4 nitrogen and oxygen atoms in total. The summed E-state index contributed by atoms with van der Waals surface area (Å²) >= 11 is 0. The van der Waals surface area contributed by atoms with Crippen molar-refractivity contribution in [3.05, 3.63) is 71.8 Å². The third-order valence-corrected chi connectivity index (χ3v) is 2.74. The zero-order valence-corrected chi connectivity index (χ0v) is 10.6. The Morgan fingerprint density at radius 1 is 0.947 bits per heavy atom. The molecule has 0 radical (unpaired) electrons. The van der Waals surface area contributed by atoms with Gasteiger partial charge in [0.1, 0.15) is 0 Å². The lowest BCUT2D eigenvalue weighted by Gasteiger charge is -2.17. The van der Waals surface area contributed by atoms with Crippen molar-refractivity contribution in [2.75, 3.05) is 0 Å². The van der Waals surface area contributed by atoms with Gasteiger partial charge in [-0.15, -0.1) is 0 Å². The van der Waals surface area contributed by atoms with E-state index in [-0.39, 0.29) is 6.03 Å². The number of nitrogens with two attached hydrogens (primary N) is 1. The lowest BCUT2D eigenvalue weighted by molar-refractivity contribution is 0.196. The van der Waals surface area contributed by atoms with Crippen LogP contribution >= 0.6 is 0 Å². The maximum atomic E-state index is 11.8. The molecule has 0 saturated carbocycles. The highest BCUT2D eigenvalue weighted by atomic mass is 16.2. The van der Waals surface area contributed by atoms with Crippen molar-refractivity contribution in [1.29, 1.82) is 0 Å². The predicted octanol–water partition coefficient (Wildman–Crippen LogP) is 2.27. The minimum atomic E-state index is -0.285. The Morgan fingerprint density at radius 3 is 2.05 bits per heavy atom. The number of hydrazine groups is 1. The molecule has 0 aliphatic heterocycles. The molecule has 0 heterocycles. The third-order valence-electron chi connectivity index (χ3n) is 2.74. The van der Waals surface area contributed by atoms with Crippen molar-refractivity contribution in [2.45, 2.75) is 13.1 Å². The summed E-state index contributed by atoms with van der Waals surface area (Å²) in [4.78, 5) is 11.8. The monoisotopic (exact) mass is 255 g/mol. The lowest BCUT2D eigenvalue weighted by Crippen LogP contribution is -2.43. The number of rotatable bonds is 4. The summed E-state index contributed by atoms with van der Waals surface area (Å²) in [6.45, 7) is 0.865. The predicted molar refractivity (Wildman–Crippen MR) is 74.9 cm³/mol. The normalized spacial score (nSPS) is 9.95. The van der Waals surface area contributed by atoms with Gasteiger partial charge in [-0.1, -0.05) is 60.7 Å². The molecule has 3 N–H and O–H groups in total. The number of amides is 2. The number of urea groups is 1. The molecule has 0 atom stereocenters. The summed E-state index contributed by atoms with van der Waals surface area (Å²) in [6.07, 6.45) is 0. The van der Waals surface area contributed by atoms with Crippen molar-refractivity contribution in [3.8, 4) is 0 Å². The quantitative estimate of drug-likeness (QED) is 0.500. The largest absolute Gasteiger partial charge is 0.333 e. The summed E-state index contributed by atoms with van der Waals surface area (Å²) in [5, 5.41) is 3.96. The van der Waals surface area contributed by atoms with Gasteiger partial charge in [-0.2, -0.15) is 0 Å². The first-order valence-corrected chi connectivity index (χ1v) is 6.13. The van der Waals surface area contributed by atoms with Crippen LogP contribution in [0.15, 0.2) is 60.7 Å². The Hall–Kier alpha value is -2.33. The molecule has 98 valence electrons. The first-order valence-electron chi connectivity index (χ1n) is 6.13. The van der Waals surface area contributed by atoms with Crippen LogP contribution in [0.1, 0.15) is 11.1 Å². The highest BCUT2D eigenvalue weighted by Crippen LogP contribution is 2.02. The van der Waals surface area contributed by atoms with Gasteiger partial charge >= 0.3 is 6.03 Å². The van der Waals surface area contributed by atoms with Crippen molar-refractivity contribution in [1.82, 2.24) is 10.3 Å². The molecule has 2 amide bonds. The minimum absolute atomic E-state index is 0.285. The maximum absolute atomic E-state index is 11.8. The highest BCUT2D eigenvalue weighted by molar-refractivity contribution is 5.73. The first-order chi connectivity index (χ1) is 9.25. The van der Waals surface area contributed by atoms with Gasteiger partial charge < -0.3 is 5.32 Å². The van der Waals surface area contributed by atoms with Gasteiger partial charge in [0.2, 0.25) is 0 Å². The molecule has 19 heavy (non-hydrogen) atoms. The van der Waals surface area contributed by atoms with Crippen LogP contribution in [0.2, 0.25) is 0 Å². The van der Waals surface area contributed by atoms with E-state index < -0.39 is 0 Å². The van der Waals surface area contributed by atoms with E-state index in [1.165, 1.54) is 5.01 Å². The van der Waals surface area contributed by atoms with E-state index in [2.05, 4.69) is 5.32 Å². The lowest BCUT2D eigenvalue weighted by atomic mass is 10.2. The fraction of sp³-hybridized carbons (Fsp3) is 0.133. The first kappa shape index (κ1) is 13.1. The SMILES string of the molecule is NN(Cc1ccccc1)C(=O)NCc1ccccc1. The number of nitrogens with one attached hydrogen (secondary N) is 1. The van der Waals surface area contributed by atoms with E-state index in [1.54, 1.807) is 0 Å². The Morgan fingerprint density at radius 2 is 1.47 bits per heavy atom. The zero-order valence-electron chi connectivity index (χ0n) is 10.6. The number of carbonyl (C=O) groups excluding carboxylic acids is 1. The topological polar surface area (TPSA) is 58.4 Å². The fourth-order valence-corrected chi connectivity index (χ4v) is 1.73. The van der Waals surface area contributed by atoms with Gasteiger partial charge in [-0.3, -0.25) is 5.01 Å². The number of carbonyl (C=O) groups is 1. The van der Waals surface area contributed by atoms with E-state index in [1.807, 2.05) is 60.7 Å². The van der Waals surface area contributed by atoms with Crippen molar-refractivity contribution >= 4 is 6.03 Å². The second kappa shape index (κ2) is 6.56. The summed E-state index contributed by atoms with van der Waals surface area (Å²) in [7, 11) is 0. The molecule has 0 aliphatic carbocycles.